The standard InChI is InChI=1S/C10H16N6/c1-4-5-10(2,3)12-8-6-11-7-9-13-14-15-16(8)9/h6-7,12H,4-5H2,1-3H3. The highest BCUT2D eigenvalue weighted by Gasteiger charge is 2.17. The molecule has 86 valence electrons. The Balaban J connectivity index is 2.30. The van der Waals surface area contributed by atoms with Crippen molar-refractivity contribution in [2.24, 2.45) is 0 Å². The van der Waals surface area contributed by atoms with Crippen molar-refractivity contribution in [2.45, 2.75) is 39.2 Å². The minimum atomic E-state index is 0.0106. The van der Waals surface area contributed by atoms with Gasteiger partial charge in [-0.25, -0.2) is 0 Å². The van der Waals surface area contributed by atoms with E-state index >= 15 is 0 Å². The van der Waals surface area contributed by atoms with Crippen LogP contribution in [-0.2, 0) is 0 Å². The molecule has 6 heteroatoms. The van der Waals surface area contributed by atoms with Crippen LogP contribution >= 0.6 is 0 Å². The van der Waals surface area contributed by atoms with Crippen molar-refractivity contribution in [1.82, 2.24) is 25.0 Å². The van der Waals surface area contributed by atoms with Crippen molar-refractivity contribution in [2.75, 3.05) is 5.32 Å². The molecule has 0 radical (unpaired) electrons. The molecule has 2 aromatic rings. The molecule has 0 bridgehead atoms. The highest BCUT2D eigenvalue weighted by Crippen LogP contribution is 2.18. The Morgan fingerprint density at radius 3 is 2.94 bits per heavy atom. The lowest BCUT2D eigenvalue weighted by molar-refractivity contribution is 0.506. The second kappa shape index (κ2) is 4.03. The van der Waals surface area contributed by atoms with E-state index in [0.717, 1.165) is 18.7 Å². The second-order valence-electron chi connectivity index (χ2n) is 4.50. The molecular formula is C10H16N6. The van der Waals surface area contributed by atoms with Crippen LogP contribution in [-0.4, -0.2) is 30.6 Å². The second-order valence-corrected chi connectivity index (χ2v) is 4.50. The van der Waals surface area contributed by atoms with Gasteiger partial charge in [0.05, 0.1) is 12.4 Å². The summed E-state index contributed by atoms with van der Waals surface area (Å²) >= 11 is 0. The number of nitrogens with zero attached hydrogens (tertiary/aromatic N) is 5. The van der Waals surface area contributed by atoms with Crippen LogP contribution < -0.4 is 5.32 Å². The normalized spacial score (nSPS) is 11.9. The molecule has 2 aromatic heterocycles. The smallest absolute Gasteiger partial charge is 0.199 e. The lowest BCUT2D eigenvalue weighted by Gasteiger charge is -2.26. The molecule has 0 saturated carbocycles. The Labute approximate surface area is 94.1 Å². The minimum absolute atomic E-state index is 0.0106. The number of rotatable bonds is 4. The van der Waals surface area contributed by atoms with E-state index in [1.54, 1.807) is 16.9 Å². The number of fused-ring (bicyclic) bond motifs is 1. The summed E-state index contributed by atoms with van der Waals surface area (Å²) in [7, 11) is 0. The summed E-state index contributed by atoms with van der Waals surface area (Å²) in [5, 5.41) is 14.8. The molecule has 1 N–H and O–H groups in total. The Bertz CT molecular complexity index is 475. The van der Waals surface area contributed by atoms with Gasteiger partial charge in [0.25, 0.3) is 0 Å². The Kier molecular flexibility index (Phi) is 2.72. The molecule has 0 aliphatic heterocycles. The first-order chi connectivity index (χ1) is 7.62. The first-order valence-corrected chi connectivity index (χ1v) is 5.43. The van der Waals surface area contributed by atoms with Crippen molar-refractivity contribution in [3.05, 3.63) is 12.4 Å². The molecule has 2 heterocycles. The van der Waals surface area contributed by atoms with Crippen molar-refractivity contribution in [1.29, 1.82) is 0 Å². The van der Waals surface area contributed by atoms with E-state index in [0.29, 0.717) is 5.65 Å². The number of nitrogens with one attached hydrogen (secondary N) is 1. The number of hydrogen-bond donors (Lipinski definition) is 1. The van der Waals surface area contributed by atoms with Gasteiger partial charge in [-0.3, -0.25) is 4.98 Å². The van der Waals surface area contributed by atoms with Gasteiger partial charge in [-0.05, 0) is 30.7 Å². The summed E-state index contributed by atoms with van der Waals surface area (Å²) in [4.78, 5) is 4.10. The highest BCUT2D eigenvalue weighted by atomic mass is 15.5. The van der Waals surface area contributed by atoms with Crippen molar-refractivity contribution in [3.8, 4) is 0 Å². The van der Waals surface area contributed by atoms with E-state index in [9.17, 15) is 0 Å². The van der Waals surface area contributed by atoms with Crippen molar-refractivity contribution < 1.29 is 0 Å². The molecule has 0 atom stereocenters. The molecule has 0 saturated heterocycles. The van der Waals surface area contributed by atoms with Crippen LogP contribution in [0.1, 0.15) is 33.6 Å². The maximum Gasteiger partial charge on any atom is 0.199 e. The van der Waals surface area contributed by atoms with Gasteiger partial charge >= 0.3 is 0 Å². The van der Waals surface area contributed by atoms with Gasteiger partial charge in [0, 0.05) is 5.54 Å². The SMILES string of the molecule is CCCC(C)(C)Nc1cncc2nnnn12. The predicted octanol–water partition coefficient (Wildman–Crippen LogP) is 1.51. The minimum Gasteiger partial charge on any atom is -0.364 e. The molecule has 0 aromatic carbocycles. The highest BCUT2D eigenvalue weighted by molar-refractivity contribution is 5.45. The maximum atomic E-state index is 4.10. The van der Waals surface area contributed by atoms with Gasteiger partial charge < -0.3 is 5.32 Å². The van der Waals surface area contributed by atoms with Crippen LogP contribution in [0.3, 0.4) is 0 Å². The first-order valence-electron chi connectivity index (χ1n) is 5.43. The maximum absolute atomic E-state index is 4.10. The zero-order valence-corrected chi connectivity index (χ0v) is 9.80. The summed E-state index contributed by atoms with van der Waals surface area (Å²) in [6, 6.07) is 0. The average Bonchev–Trinajstić information content (AvgIpc) is 2.65. The van der Waals surface area contributed by atoms with Crippen LogP contribution in [0.5, 0.6) is 0 Å². The summed E-state index contributed by atoms with van der Waals surface area (Å²) in [5.74, 6) is 0.820. The third-order valence-corrected chi connectivity index (χ3v) is 2.45. The molecule has 0 spiro atoms. The lowest BCUT2D eigenvalue weighted by Crippen LogP contribution is -2.31. The Morgan fingerprint density at radius 1 is 1.38 bits per heavy atom. The van der Waals surface area contributed by atoms with E-state index in [4.69, 9.17) is 0 Å². The largest absolute Gasteiger partial charge is 0.364 e. The Hall–Kier alpha value is -1.72. The molecule has 16 heavy (non-hydrogen) atoms. The monoisotopic (exact) mass is 220 g/mol. The van der Waals surface area contributed by atoms with Crippen LogP contribution in [0.15, 0.2) is 12.4 Å². The summed E-state index contributed by atoms with van der Waals surface area (Å²) < 4.78 is 1.66. The van der Waals surface area contributed by atoms with Crippen molar-refractivity contribution in [3.63, 3.8) is 0 Å². The third-order valence-electron chi connectivity index (χ3n) is 2.45. The topological polar surface area (TPSA) is 68.0 Å². The van der Waals surface area contributed by atoms with Crippen LogP contribution in [0.25, 0.3) is 5.65 Å². The van der Waals surface area contributed by atoms with Gasteiger partial charge in [-0.15, -0.1) is 5.10 Å². The van der Waals surface area contributed by atoms with E-state index in [1.807, 2.05) is 0 Å². The number of tetrazole rings is 1. The summed E-state index contributed by atoms with van der Waals surface area (Å²) in [5.41, 5.74) is 0.661. The fraction of sp³-hybridized carbons (Fsp3) is 0.600. The van der Waals surface area contributed by atoms with Gasteiger partial charge in [0.1, 0.15) is 0 Å². The summed E-state index contributed by atoms with van der Waals surface area (Å²) in [6.07, 6.45) is 5.57. The van der Waals surface area contributed by atoms with Gasteiger partial charge in [0.2, 0.25) is 0 Å². The van der Waals surface area contributed by atoms with Crippen LogP contribution in [0, 0.1) is 0 Å². The van der Waals surface area contributed by atoms with Gasteiger partial charge in [-0.1, -0.05) is 13.3 Å². The first kappa shape index (κ1) is 10.8. The van der Waals surface area contributed by atoms with Crippen LogP contribution in [0.2, 0.25) is 0 Å². The molecular weight excluding hydrogens is 204 g/mol. The molecule has 0 aliphatic rings. The third kappa shape index (κ3) is 2.10. The number of anilines is 1. The zero-order valence-electron chi connectivity index (χ0n) is 9.80. The Morgan fingerprint density at radius 2 is 2.19 bits per heavy atom. The van der Waals surface area contributed by atoms with Gasteiger partial charge in [-0.2, -0.15) is 4.52 Å². The number of hydrogen-bond acceptors (Lipinski definition) is 5. The molecule has 6 nitrogen and oxygen atoms in total. The number of aromatic nitrogens is 5. The molecule has 0 unspecified atom stereocenters. The fourth-order valence-corrected chi connectivity index (χ4v) is 1.79. The quantitative estimate of drug-likeness (QED) is 0.845. The molecule has 2 rings (SSSR count). The average molecular weight is 220 g/mol. The van der Waals surface area contributed by atoms with Gasteiger partial charge in [0.15, 0.2) is 11.5 Å². The zero-order chi connectivity index (χ0) is 11.6. The predicted molar refractivity (Wildman–Crippen MR) is 61.2 cm³/mol. The lowest BCUT2D eigenvalue weighted by atomic mass is 9.99. The van der Waals surface area contributed by atoms with E-state index in [2.05, 4.69) is 46.6 Å². The summed E-state index contributed by atoms with van der Waals surface area (Å²) in [6.45, 7) is 6.47. The fourth-order valence-electron chi connectivity index (χ4n) is 1.79. The van der Waals surface area contributed by atoms with Crippen molar-refractivity contribution >= 4 is 11.5 Å². The molecule has 0 aliphatic carbocycles. The molecule has 0 fully saturated rings. The molecule has 0 amide bonds. The van der Waals surface area contributed by atoms with E-state index < -0.39 is 0 Å². The van der Waals surface area contributed by atoms with E-state index in [-0.39, 0.29) is 5.54 Å². The van der Waals surface area contributed by atoms with E-state index in [1.165, 1.54) is 0 Å². The van der Waals surface area contributed by atoms with Crippen LogP contribution in [0.4, 0.5) is 5.82 Å².